The third kappa shape index (κ3) is 1.63. The van der Waals surface area contributed by atoms with Crippen LogP contribution in [0.1, 0.15) is 18.4 Å². The molecule has 98 valence electrons. The molecule has 0 aliphatic carbocycles. The lowest BCUT2D eigenvalue weighted by molar-refractivity contribution is 1.07. The Balaban J connectivity index is 1.88. The van der Waals surface area contributed by atoms with Gasteiger partial charge in [0.1, 0.15) is 5.69 Å². The topological polar surface area (TPSA) is 53.6 Å². The number of pyridine rings is 1. The van der Waals surface area contributed by atoms with Crippen LogP contribution >= 0.6 is 12.2 Å². The van der Waals surface area contributed by atoms with Crippen LogP contribution in [0.25, 0.3) is 22.6 Å². The van der Waals surface area contributed by atoms with E-state index in [4.69, 9.17) is 12.2 Å². The number of anilines is 1. The van der Waals surface area contributed by atoms with Gasteiger partial charge in [0.2, 0.25) is 0 Å². The second-order valence-electron chi connectivity index (χ2n) is 4.97. The number of hydrogen-bond donors (Lipinski definition) is 2. The fourth-order valence-electron chi connectivity index (χ4n) is 2.55. The van der Waals surface area contributed by atoms with Crippen molar-refractivity contribution in [3.05, 3.63) is 42.1 Å². The summed E-state index contributed by atoms with van der Waals surface area (Å²) in [4.78, 5) is 13.1. The van der Waals surface area contributed by atoms with Crippen LogP contribution < -0.4 is 5.32 Å². The molecule has 1 unspecified atom stereocenters. The quantitative estimate of drug-likeness (QED) is 0.670. The zero-order valence-electron chi connectivity index (χ0n) is 10.8. The minimum Gasteiger partial charge on any atom is -0.349 e. The zero-order valence-corrected chi connectivity index (χ0v) is 11.7. The lowest BCUT2D eigenvalue weighted by Gasteiger charge is -2.01. The molecule has 1 atom stereocenters. The number of hydrogen-bond acceptors (Lipinski definition) is 3. The van der Waals surface area contributed by atoms with E-state index in [2.05, 4.69) is 33.3 Å². The van der Waals surface area contributed by atoms with Gasteiger partial charge in [0, 0.05) is 17.8 Å². The molecule has 4 rings (SSSR count). The van der Waals surface area contributed by atoms with Gasteiger partial charge in [-0.15, -0.1) is 0 Å². The van der Waals surface area contributed by atoms with Gasteiger partial charge in [0.05, 0.1) is 16.0 Å². The number of thiocarbonyl (C=S) groups is 1. The third-order valence-corrected chi connectivity index (χ3v) is 4.13. The molecule has 0 saturated carbocycles. The molecule has 3 aromatic rings. The SMILES string of the molecule is CC1C(=S)Nc2cc3nc(-c4ccccn4)[nH]c3cc21. The number of benzene rings is 1. The summed E-state index contributed by atoms with van der Waals surface area (Å²) >= 11 is 5.31. The lowest BCUT2D eigenvalue weighted by Crippen LogP contribution is -2.05. The van der Waals surface area contributed by atoms with Crippen molar-refractivity contribution >= 4 is 33.9 Å². The van der Waals surface area contributed by atoms with E-state index < -0.39 is 0 Å². The van der Waals surface area contributed by atoms with E-state index in [1.54, 1.807) is 6.20 Å². The fourth-order valence-corrected chi connectivity index (χ4v) is 2.78. The highest BCUT2D eigenvalue weighted by Crippen LogP contribution is 2.36. The highest BCUT2D eigenvalue weighted by Gasteiger charge is 2.24. The van der Waals surface area contributed by atoms with Crippen molar-refractivity contribution in [1.29, 1.82) is 0 Å². The van der Waals surface area contributed by atoms with Crippen molar-refractivity contribution in [2.45, 2.75) is 12.8 Å². The molecule has 2 N–H and O–H groups in total. The largest absolute Gasteiger partial charge is 0.349 e. The maximum absolute atomic E-state index is 5.31. The maximum atomic E-state index is 5.31. The van der Waals surface area contributed by atoms with Gasteiger partial charge in [0.25, 0.3) is 0 Å². The summed E-state index contributed by atoms with van der Waals surface area (Å²) in [6.07, 6.45) is 1.77. The third-order valence-electron chi connectivity index (χ3n) is 3.68. The van der Waals surface area contributed by atoms with E-state index in [1.165, 1.54) is 5.56 Å². The molecular formula is C15H12N4S. The molecule has 1 aliphatic rings. The second-order valence-corrected chi connectivity index (χ2v) is 5.41. The molecule has 4 nitrogen and oxygen atoms in total. The number of aromatic amines is 1. The molecule has 0 spiro atoms. The van der Waals surface area contributed by atoms with E-state index in [0.717, 1.165) is 33.2 Å². The Morgan fingerprint density at radius 3 is 2.95 bits per heavy atom. The summed E-state index contributed by atoms with van der Waals surface area (Å²) in [7, 11) is 0. The normalized spacial score (nSPS) is 17.2. The highest BCUT2D eigenvalue weighted by molar-refractivity contribution is 7.80. The summed E-state index contributed by atoms with van der Waals surface area (Å²) in [5, 5.41) is 3.25. The molecule has 0 saturated heterocycles. The van der Waals surface area contributed by atoms with Gasteiger partial charge in [-0.25, -0.2) is 4.98 Å². The van der Waals surface area contributed by atoms with Gasteiger partial charge in [-0.3, -0.25) is 4.98 Å². The lowest BCUT2D eigenvalue weighted by atomic mass is 10.0. The number of fused-ring (bicyclic) bond motifs is 2. The molecule has 20 heavy (non-hydrogen) atoms. The summed E-state index contributed by atoms with van der Waals surface area (Å²) in [5.41, 5.74) is 5.07. The smallest absolute Gasteiger partial charge is 0.157 e. The standard InChI is InChI=1S/C15H12N4S/c1-8-9-6-12-13(7-11(9)19-15(8)20)18-14(17-12)10-4-2-3-5-16-10/h2-8H,1H3,(H,17,18)(H,19,20). The molecular weight excluding hydrogens is 268 g/mol. The van der Waals surface area contributed by atoms with E-state index >= 15 is 0 Å². The van der Waals surface area contributed by atoms with Crippen LogP contribution in [0.3, 0.4) is 0 Å². The van der Waals surface area contributed by atoms with Gasteiger partial charge in [-0.2, -0.15) is 0 Å². The minimum absolute atomic E-state index is 0.256. The molecule has 0 amide bonds. The molecule has 2 aromatic heterocycles. The van der Waals surface area contributed by atoms with Gasteiger partial charge < -0.3 is 10.3 Å². The first kappa shape index (κ1) is 11.5. The average Bonchev–Trinajstić information content (AvgIpc) is 3.00. The van der Waals surface area contributed by atoms with Crippen LogP contribution in [-0.4, -0.2) is 19.9 Å². The Morgan fingerprint density at radius 2 is 2.15 bits per heavy atom. The highest BCUT2D eigenvalue weighted by atomic mass is 32.1. The van der Waals surface area contributed by atoms with Crippen LogP contribution in [0.2, 0.25) is 0 Å². The minimum atomic E-state index is 0.256. The van der Waals surface area contributed by atoms with E-state index in [1.807, 2.05) is 24.3 Å². The van der Waals surface area contributed by atoms with Crippen molar-refractivity contribution in [2.75, 3.05) is 5.32 Å². The van der Waals surface area contributed by atoms with E-state index in [0.29, 0.717) is 0 Å². The second kappa shape index (κ2) is 4.11. The van der Waals surface area contributed by atoms with Crippen molar-refractivity contribution in [2.24, 2.45) is 0 Å². The number of nitrogens with zero attached hydrogens (tertiary/aromatic N) is 2. The molecule has 0 fully saturated rings. The van der Waals surface area contributed by atoms with Crippen LogP contribution in [0.5, 0.6) is 0 Å². The number of imidazole rings is 1. The molecule has 0 bridgehead atoms. The Hall–Kier alpha value is -2.27. The number of rotatable bonds is 1. The van der Waals surface area contributed by atoms with Crippen molar-refractivity contribution in [3.8, 4) is 11.5 Å². The molecule has 1 aliphatic heterocycles. The summed E-state index contributed by atoms with van der Waals surface area (Å²) in [5.74, 6) is 1.05. The number of aromatic nitrogens is 3. The molecule has 1 aromatic carbocycles. The Labute approximate surface area is 121 Å². The summed E-state index contributed by atoms with van der Waals surface area (Å²) in [6, 6.07) is 9.97. The first-order chi connectivity index (χ1) is 9.72. The molecule has 3 heterocycles. The molecule has 5 heteroatoms. The predicted octanol–water partition coefficient (Wildman–Crippen LogP) is 3.48. The van der Waals surface area contributed by atoms with Crippen LogP contribution in [-0.2, 0) is 0 Å². The van der Waals surface area contributed by atoms with Crippen LogP contribution in [0.4, 0.5) is 5.69 Å². The van der Waals surface area contributed by atoms with Crippen LogP contribution in [0.15, 0.2) is 36.5 Å². The van der Waals surface area contributed by atoms with Crippen LogP contribution in [0, 0.1) is 0 Å². The van der Waals surface area contributed by atoms with Gasteiger partial charge in [-0.1, -0.05) is 25.2 Å². The Kier molecular flexibility index (Phi) is 2.37. The average molecular weight is 280 g/mol. The fraction of sp³-hybridized carbons (Fsp3) is 0.133. The predicted molar refractivity (Wildman–Crippen MR) is 84.0 cm³/mol. The monoisotopic (exact) mass is 280 g/mol. The van der Waals surface area contributed by atoms with E-state index in [9.17, 15) is 0 Å². The van der Waals surface area contributed by atoms with Crippen molar-refractivity contribution in [1.82, 2.24) is 15.0 Å². The van der Waals surface area contributed by atoms with Gasteiger partial charge in [0.15, 0.2) is 5.82 Å². The summed E-state index contributed by atoms with van der Waals surface area (Å²) < 4.78 is 0. The first-order valence-electron chi connectivity index (χ1n) is 6.48. The number of H-pyrrole nitrogens is 1. The maximum Gasteiger partial charge on any atom is 0.157 e. The van der Waals surface area contributed by atoms with Crippen molar-refractivity contribution in [3.63, 3.8) is 0 Å². The summed E-state index contributed by atoms with van der Waals surface area (Å²) in [6.45, 7) is 2.11. The van der Waals surface area contributed by atoms with Gasteiger partial charge in [-0.05, 0) is 29.8 Å². The Bertz CT molecular complexity index is 823. The van der Waals surface area contributed by atoms with Crippen molar-refractivity contribution < 1.29 is 0 Å². The van der Waals surface area contributed by atoms with Gasteiger partial charge >= 0.3 is 0 Å². The molecule has 0 radical (unpaired) electrons. The number of nitrogens with one attached hydrogen (secondary N) is 2. The Morgan fingerprint density at radius 1 is 1.25 bits per heavy atom. The van der Waals surface area contributed by atoms with E-state index in [-0.39, 0.29) is 5.92 Å². The zero-order chi connectivity index (χ0) is 13.7. The first-order valence-corrected chi connectivity index (χ1v) is 6.89.